The lowest BCUT2D eigenvalue weighted by Crippen LogP contribution is -2.01. The Morgan fingerprint density at radius 3 is 2.83 bits per heavy atom. The van der Waals surface area contributed by atoms with Crippen LogP contribution in [0.2, 0.25) is 0 Å². The van der Waals surface area contributed by atoms with Gasteiger partial charge in [0.05, 0.1) is 5.69 Å². The van der Waals surface area contributed by atoms with Crippen LogP contribution in [0.15, 0.2) is 18.2 Å². The van der Waals surface area contributed by atoms with Gasteiger partial charge in [-0.2, -0.15) is 0 Å². The van der Waals surface area contributed by atoms with Gasteiger partial charge < -0.3 is 9.83 Å². The Hall–Kier alpha value is -1.10. The van der Waals surface area contributed by atoms with Crippen LogP contribution in [0.25, 0.3) is 0 Å². The van der Waals surface area contributed by atoms with Gasteiger partial charge >= 0.3 is 0 Å². The number of rotatable bonds is 2. The third-order valence-corrected chi connectivity index (χ3v) is 1.72. The van der Waals surface area contributed by atoms with Crippen molar-refractivity contribution in [3.05, 3.63) is 24.0 Å². The molecule has 1 rings (SSSR count). The van der Waals surface area contributed by atoms with Gasteiger partial charge in [-0.05, 0) is 12.1 Å². The number of phenols is 1. The van der Waals surface area contributed by atoms with E-state index in [0.717, 1.165) is 12.1 Å². The van der Waals surface area contributed by atoms with E-state index in [1.54, 1.807) is 0 Å². The van der Waals surface area contributed by atoms with Crippen LogP contribution >= 0.6 is 0 Å². The summed E-state index contributed by atoms with van der Waals surface area (Å²) in [4.78, 5) is 0. The van der Waals surface area contributed by atoms with Gasteiger partial charge in [0.2, 0.25) is 0 Å². The smallest absolute Gasteiger partial charge is 0.139 e. The second-order valence-corrected chi connectivity index (χ2v) is 3.33. The molecule has 1 unspecified atom stereocenters. The molecule has 0 heterocycles. The fourth-order valence-electron chi connectivity index (χ4n) is 0.745. The summed E-state index contributed by atoms with van der Waals surface area (Å²) in [6.07, 6.45) is 1.39. The van der Waals surface area contributed by atoms with Crippen molar-refractivity contribution in [1.29, 1.82) is 0 Å². The van der Waals surface area contributed by atoms with Crippen molar-refractivity contribution in [2.45, 2.75) is 0 Å². The highest BCUT2D eigenvalue weighted by molar-refractivity contribution is 7.85. The highest BCUT2D eigenvalue weighted by Crippen LogP contribution is 2.23. The number of anilines is 1. The Balaban J connectivity index is 2.97. The molecule has 0 spiro atoms. The molecule has 0 fully saturated rings. The molecule has 0 saturated heterocycles. The first-order chi connectivity index (χ1) is 5.59. The van der Waals surface area contributed by atoms with E-state index in [-0.39, 0.29) is 11.4 Å². The van der Waals surface area contributed by atoms with E-state index in [1.165, 1.54) is 12.3 Å². The van der Waals surface area contributed by atoms with Gasteiger partial charge in [-0.15, -0.1) is 0 Å². The van der Waals surface area contributed by atoms with Gasteiger partial charge in [0.1, 0.15) is 22.6 Å². The van der Waals surface area contributed by atoms with E-state index in [4.69, 9.17) is 5.11 Å². The summed E-state index contributed by atoms with van der Waals surface area (Å²) in [5, 5.41) is 9.12. The molecule has 0 aliphatic carbocycles. The van der Waals surface area contributed by atoms with E-state index in [2.05, 4.69) is 4.72 Å². The molecule has 0 aliphatic heterocycles. The first-order valence-electron chi connectivity index (χ1n) is 3.18. The lowest BCUT2D eigenvalue weighted by atomic mass is 10.3. The number of hydrogen-bond acceptors (Lipinski definition) is 2. The third-order valence-electron chi connectivity index (χ3n) is 1.21. The van der Waals surface area contributed by atoms with Crippen LogP contribution in [-0.4, -0.2) is 15.6 Å². The molecule has 2 N–H and O–H groups in total. The number of halogens is 1. The standard InChI is InChI=1S/C7H8FNO2S/c1-12(11)9-6-4-5(8)2-3-7(6)10/h2-4,9-10H,1H3. The van der Waals surface area contributed by atoms with Gasteiger partial charge in [0, 0.05) is 12.3 Å². The highest BCUT2D eigenvalue weighted by atomic mass is 32.2. The monoisotopic (exact) mass is 189 g/mol. The average Bonchev–Trinajstić information content (AvgIpc) is 1.96. The molecule has 66 valence electrons. The molecule has 0 radical (unpaired) electrons. The van der Waals surface area contributed by atoms with Crippen molar-refractivity contribution in [3.8, 4) is 5.75 Å². The first-order valence-corrected chi connectivity index (χ1v) is 4.74. The van der Waals surface area contributed by atoms with E-state index in [0.29, 0.717) is 0 Å². The zero-order valence-corrected chi connectivity index (χ0v) is 7.19. The molecule has 0 bridgehead atoms. The summed E-state index contributed by atoms with van der Waals surface area (Å²) >= 11 is 0. The Kier molecular flexibility index (Phi) is 2.65. The van der Waals surface area contributed by atoms with Crippen LogP contribution in [0.1, 0.15) is 0 Å². The lowest BCUT2D eigenvalue weighted by Gasteiger charge is -2.04. The average molecular weight is 189 g/mol. The minimum atomic E-state index is -1.31. The van der Waals surface area contributed by atoms with Crippen LogP contribution in [0.4, 0.5) is 10.1 Å². The highest BCUT2D eigenvalue weighted by Gasteiger charge is 2.02. The lowest BCUT2D eigenvalue weighted by molar-refractivity contribution is 0.476. The summed E-state index contributed by atoms with van der Waals surface area (Å²) in [6.45, 7) is 0. The third kappa shape index (κ3) is 2.20. The van der Waals surface area contributed by atoms with E-state index in [1.807, 2.05) is 0 Å². The van der Waals surface area contributed by atoms with Gasteiger partial charge in [0.15, 0.2) is 0 Å². The number of benzene rings is 1. The molecule has 1 atom stereocenters. The number of hydrogen-bond donors (Lipinski definition) is 2. The fraction of sp³-hybridized carbons (Fsp3) is 0.143. The van der Waals surface area contributed by atoms with Crippen molar-refractivity contribution in [2.24, 2.45) is 0 Å². The summed E-state index contributed by atoms with van der Waals surface area (Å²) in [5.41, 5.74) is 0.135. The zero-order valence-electron chi connectivity index (χ0n) is 6.37. The molecule has 1 aromatic carbocycles. The fourth-order valence-corrected chi connectivity index (χ4v) is 1.22. The van der Waals surface area contributed by atoms with Gasteiger partial charge in [-0.1, -0.05) is 0 Å². The Morgan fingerprint density at radius 1 is 1.58 bits per heavy atom. The Labute approximate surface area is 71.8 Å². The molecular weight excluding hydrogens is 181 g/mol. The summed E-state index contributed by atoms with van der Waals surface area (Å²) in [7, 11) is -1.31. The minimum Gasteiger partial charge on any atom is -0.506 e. The van der Waals surface area contributed by atoms with Crippen LogP contribution in [0, 0.1) is 5.82 Å². The molecule has 1 aromatic rings. The molecule has 12 heavy (non-hydrogen) atoms. The molecule has 3 nitrogen and oxygen atoms in total. The molecule has 0 saturated carbocycles. The topological polar surface area (TPSA) is 49.3 Å². The maximum absolute atomic E-state index is 12.5. The molecule has 0 aromatic heterocycles. The van der Waals surface area contributed by atoms with Crippen LogP contribution < -0.4 is 4.72 Å². The van der Waals surface area contributed by atoms with Crippen molar-refractivity contribution < 1.29 is 13.7 Å². The summed E-state index contributed by atoms with van der Waals surface area (Å²) < 4.78 is 25.6. The SMILES string of the molecule is CS(=O)Nc1cc(F)ccc1O. The van der Waals surface area contributed by atoms with Crippen LogP contribution in [0.3, 0.4) is 0 Å². The van der Waals surface area contributed by atoms with Crippen LogP contribution in [-0.2, 0) is 11.0 Å². The van der Waals surface area contributed by atoms with Gasteiger partial charge in [-0.25, -0.2) is 8.60 Å². The maximum atomic E-state index is 12.5. The molecule has 5 heteroatoms. The summed E-state index contributed by atoms with van der Waals surface area (Å²) in [6, 6.07) is 3.40. The van der Waals surface area contributed by atoms with E-state index >= 15 is 0 Å². The number of phenolic OH excluding ortho intramolecular Hbond substituents is 1. The Bertz CT molecular complexity index is 316. The predicted octanol–water partition coefficient (Wildman–Crippen LogP) is 1.24. The number of aromatic hydroxyl groups is 1. The minimum absolute atomic E-state index is 0.119. The summed E-state index contributed by atoms with van der Waals surface area (Å²) in [5.74, 6) is -0.604. The van der Waals surface area contributed by atoms with E-state index < -0.39 is 16.8 Å². The van der Waals surface area contributed by atoms with Crippen molar-refractivity contribution in [3.63, 3.8) is 0 Å². The van der Waals surface area contributed by atoms with Crippen molar-refractivity contribution in [2.75, 3.05) is 11.0 Å². The second-order valence-electron chi connectivity index (χ2n) is 2.22. The quantitative estimate of drug-likeness (QED) is 0.687. The maximum Gasteiger partial charge on any atom is 0.139 e. The molecular formula is C7H8FNO2S. The largest absolute Gasteiger partial charge is 0.506 e. The Morgan fingerprint density at radius 2 is 2.25 bits per heavy atom. The van der Waals surface area contributed by atoms with Crippen LogP contribution in [0.5, 0.6) is 5.75 Å². The van der Waals surface area contributed by atoms with Crippen molar-refractivity contribution in [1.82, 2.24) is 0 Å². The number of nitrogens with one attached hydrogen (secondary N) is 1. The molecule has 0 aliphatic rings. The molecule has 0 amide bonds. The zero-order chi connectivity index (χ0) is 9.14. The van der Waals surface area contributed by atoms with Gasteiger partial charge in [0.25, 0.3) is 0 Å². The van der Waals surface area contributed by atoms with Crippen molar-refractivity contribution >= 4 is 16.7 Å². The van der Waals surface area contributed by atoms with E-state index in [9.17, 15) is 8.60 Å². The second kappa shape index (κ2) is 3.53. The first kappa shape index (κ1) is 8.99. The predicted molar refractivity (Wildman–Crippen MR) is 45.8 cm³/mol. The van der Waals surface area contributed by atoms with Gasteiger partial charge in [-0.3, -0.25) is 0 Å². The normalized spacial score (nSPS) is 12.5.